The highest BCUT2D eigenvalue weighted by atomic mass is 32.1. The van der Waals surface area contributed by atoms with Gasteiger partial charge in [0.05, 0.1) is 11.6 Å². The highest BCUT2D eigenvalue weighted by Gasteiger charge is 2.44. The SMILES string of the molecule is CC1CCCC(C(O)c2cccc3ccsc23)(N(C)C)C1. The Balaban J connectivity index is 2.05. The smallest absolute Gasteiger partial charge is 0.0987 e. The first-order chi connectivity index (χ1) is 10.0. The van der Waals surface area contributed by atoms with E-state index in [1.807, 2.05) is 0 Å². The van der Waals surface area contributed by atoms with Gasteiger partial charge in [0.25, 0.3) is 0 Å². The normalized spacial score (nSPS) is 28.1. The van der Waals surface area contributed by atoms with Gasteiger partial charge in [-0.15, -0.1) is 11.3 Å². The summed E-state index contributed by atoms with van der Waals surface area (Å²) in [4.78, 5) is 2.26. The van der Waals surface area contributed by atoms with Crippen molar-refractivity contribution in [1.29, 1.82) is 0 Å². The van der Waals surface area contributed by atoms with Gasteiger partial charge in [-0.05, 0) is 49.7 Å². The lowest BCUT2D eigenvalue weighted by Gasteiger charge is -2.48. The van der Waals surface area contributed by atoms with Crippen LogP contribution >= 0.6 is 11.3 Å². The average Bonchev–Trinajstić information content (AvgIpc) is 2.94. The molecule has 1 aromatic carbocycles. The zero-order valence-corrected chi connectivity index (χ0v) is 14.0. The molecule has 0 aliphatic heterocycles. The lowest BCUT2D eigenvalue weighted by molar-refractivity contribution is -0.0443. The van der Waals surface area contributed by atoms with Gasteiger partial charge in [-0.25, -0.2) is 0 Å². The molecule has 21 heavy (non-hydrogen) atoms. The fraction of sp³-hybridized carbons (Fsp3) is 0.556. The van der Waals surface area contributed by atoms with Gasteiger partial charge >= 0.3 is 0 Å². The van der Waals surface area contributed by atoms with E-state index >= 15 is 0 Å². The van der Waals surface area contributed by atoms with Crippen LogP contribution in [0.1, 0.15) is 44.3 Å². The van der Waals surface area contributed by atoms with E-state index in [-0.39, 0.29) is 5.54 Å². The zero-order valence-electron chi connectivity index (χ0n) is 13.2. The third-order valence-corrected chi connectivity index (χ3v) is 6.19. The van der Waals surface area contributed by atoms with Crippen molar-refractivity contribution in [1.82, 2.24) is 4.90 Å². The van der Waals surface area contributed by atoms with Crippen LogP contribution in [0.2, 0.25) is 0 Å². The molecule has 3 atom stereocenters. The fourth-order valence-electron chi connectivity index (χ4n) is 3.98. The summed E-state index contributed by atoms with van der Waals surface area (Å²) in [6.45, 7) is 2.32. The van der Waals surface area contributed by atoms with E-state index in [2.05, 4.69) is 55.6 Å². The molecule has 1 fully saturated rings. The van der Waals surface area contributed by atoms with Crippen LogP contribution in [-0.2, 0) is 0 Å². The molecule has 1 N–H and O–H groups in total. The molecular formula is C18H25NOS. The maximum absolute atomic E-state index is 11.3. The first kappa shape index (κ1) is 15.0. The van der Waals surface area contributed by atoms with Crippen LogP contribution in [0, 0.1) is 5.92 Å². The van der Waals surface area contributed by atoms with Crippen LogP contribution in [-0.4, -0.2) is 29.6 Å². The van der Waals surface area contributed by atoms with Crippen molar-refractivity contribution < 1.29 is 5.11 Å². The minimum absolute atomic E-state index is 0.129. The lowest BCUT2D eigenvalue weighted by Crippen LogP contribution is -2.52. The number of hydrogen-bond acceptors (Lipinski definition) is 3. The molecule has 0 amide bonds. The number of hydrogen-bond donors (Lipinski definition) is 1. The summed E-state index contributed by atoms with van der Waals surface area (Å²) in [6.07, 6.45) is 4.22. The maximum Gasteiger partial charge on any atom is 0.0987 e. The molecule has 0 saturated heterocycles. The Hall–Kier alpha value is -0.900. The van der Waals surface area contributed by atoms with Gasteiger partial charge in [0, 0.05) is 10.3 Å². The summed E-state index contributed by atoms with van der Waals surface area (Å²) in [5, 5.41) is 14.6. The monoisotopic (exact) mass is 303 g/mol. The molecule has 0 radical (unpaired) electrons. The number of nitrogens with zero attached hydrogens (tertiary/aromatic N) is 1. The number of thiophene rings is 1. The number of fused-ring (bicyclic) bond motifs is 1. The lowest BCUT2D eigenvalue weighted by atomic mass is 9.70. The highest BCUT2D eigenvalue weighted by molar-refractivity contribution is 7.17. The third kappa shape index (κ3) is 2.52. The van der Waals surface area contributed by atoms with Gasteiger partial charge < -0.3 is 10.0 Å². The van der Waals surface area contributed by atoms with E-state index in [0.29, 0.717) is 5.92 Å². The van der Waals surface area contributed by atoms with Gasteiger partial charge in [0.15, 0.2) is 0 Å². The maximum atomic E-state index is 11.3. The molecule has 1 aromatic heterocycles. The second-order valence-corrected chi connectivity index (χ2v) is 7.70. The summed E-state index contributed by atoms with van der Waals surface area (Å²) in [5.74, 6) is 0.679. The van der Waals surface area contributed by atoms with E-state index in [1.165, 1.54) is 22.9 Å². The van der Waals surface area contributed by atoms with Crippen molar-refractivity contribution in [3.63, 3.8) is 0 Å². The number of aliphatic hydroxyl groups is 1. The van der Waals surface area contributed by atoms with Crippen LogP contribution in [0.3, 0.4) is 0 Å². The molecule has 114 valence electrons. The van der Waals surface area contributed by atoms with Crippen LogP contribution in [0.4, 0.5) is 0 Å². The average molecular weight is 303 g/mol. The van der Waals surface area contributed by atoms with Crippen LogP contribution in [0.5, 0.6) is 0 Å². The molecule has 1 heterocycles. The van der Waals surface area contributed by atoms with E-state index in [0.717, 1.165) is 18.4 Å². The molecule has 3 rings (SSSR count). The topological polar surface area (TPSA) is 23.5 Å². The van der Waals surface area contributed by atoms with Crippen molar-refractivity contribution in [3.8, 4) is 0 Å². The van der Waals surface area contributed by atoms with Crippen LogP contribution in [0.15, 0.2) is 29.6 Å². The first-order valence-corrected chi connectivity index (χ1v) is 8.74. The van der Waals surface area contributed by atoms with Gasteiger partial charge in [-0.3, -0.25) is 0 Å². The first-order valence-electron chi connectivity index (χ1n) is 7.86. The molecule has 2 aromatic rings. The van der Waals surface area contributed by atoms with E-state index in [9.17, 15) is 5.11 Å². The van der Waals surface area contributed by atoms with Gasteiger partial charge in [0.2, 0.25) is 0 Å². The minimum atomic E-state index is -0.419. The Morgan fingerprint density at radius 3 is 2.86 bits per heavy atom. The molecular weight excluding hydrogens is 278 g/mol. The summed E-state index contributed by atoms with van der Waals surface area (Å²) in [6, 6.07) is 8.45. The van der Waals surface area contributed by atoms with Gasteiger partial charge in [-0.1, -0.05) is 38.0 Å². The predicted octanol–water partition coefficient (Wildman–Crippen LogP) is 4.45. The third-order valence-electron chi connectivity index (χ3n) is 5.21. The van der Waals surface area contributed by atoms with Crippen LogP contribution < -0.4 is 0 Å². The number of benzene rings is 1. The van der Waals surface area contributed by atoms with Crippen LogP contribution in [0.25, 0.3) is 10.1 Å². The molecule has 0 bridgehead atoms. The van der Waals surface area contributed by atoms with E-state index < -0.39 is 6.10 Å². The predicted molar refractivity (Wildman–Crippen MR) is 90.8 cm³/mol. The van der Waals surface area contributed by atoms with Crippen molar-refractivity contribution in [3.05, 3.63) is 35.2 Å². The van der Waals surface area contributed by atoms with Gasteiger partial charge in [-0.2, -0.15) is 0 Å². The molecule has 0 spiro atoms. The molecule has 1 aliphatic rings. The van der Waals surface area contributed by atoms with Crippen molar-refractivity contribution in [2.45, 2.75) is 44.2 Å². The summed E-state index contributed by atoms with van der Waals surface area (Å²) in [5.41, 5.74) is 0.973. The minimum Gasteiger partial charge on any atom is -0.386 e. The van der Waals surface area contributed by atoms with E-state index in [4.69, 9.17) is 0 Å². The summed E-state index contributed by atoms with van der Waals surface area (Å²) < 4.78 is 1.24. The van der Waals surface area contributed by atoms with Crippen molar-refractivity contribution in [2.75, 3.05) is 14.1 Å². The molecule has 1 saturated carbocycles. The standard InChI is InChI=1S/C18H25NOS/c1-13-6-5-10-18(12-13,19(2)3)17(20)15-8-4-7-14-9-11-21-16(14)15/h4,7-9,11,13,17,20H,5-6,10,12H2,1-3H3. The number of likely N-dealkylation sites (N-methyl/N-ethyl adjacent to an activating group) is 1. The Kier molecular flexibility index (Phi) is 4.08. The molecule has 3 heteroatoms. The molecule has 2 nitrogen and oxygen atoms in total. The second kappa shape index (κ2) is 5.71. The number of aliphatic hydroxyl groups excluding tert-OH is 1. The second-order valence-electron chi connectivity index (χ2n) is 6.79. The van der Waals surface area contributed by atoms with Crippen molar-refractivity contribution in [2.24, 2.45) is 5.92 Å². The van der Waals surface area contributed by atoms with Crippen molar-refractivity contribution >= 4 is 21.4 Å². The number of rotatable bonds is 3. The molecule has 1 aliphatic carbocycles. The fourth-order valence-corrected chi connectivity index (χ4v) is 4.92. The molecule has 3 unspecified atom stereocenters. The Morgan fingerprint density at radius 2 is 2.14 bits per heavy atom. The summed E-state index contributed by atoms with van der Waals surface area (Å²) >= 11 is 1.74. The Bertz CT molecular complexity index is 620. The van der Waals surface area contributed by atoms with Gasteiger partial charge in [0.1, 0.15) is 0 Å². The quantitative estimate of drug-likeness (QED) is 0.906. The largest absolute Gasteiger partial charge is 0.386 e. The summed E-state index contributed by atoms with van der Waals surface area (Å²) in [7, 11) is 4.24. The zero-order chi connectivity index (χ0) is 15.0. The Labute approximate surface area is 131 Å². The Morgan fingerprint density at radius 1 is 1.33 bits per heavy atom. The highest BCUT2D eigenvalue weighted by Crippen LogP contribution is 2.45. The van der Waals surface area contributed by atoms with E-state index in [1.54, 1.807) is 11.3 Å².